The van der Waals surface area contributed by atoms with E-state index in [1.807, 2.05) is 12.2 Å². The van der Waals surface area contributed by atoms with Gasteiger partial charge in [-0.3, -0.25) is 9.69 Å². The third kappa shape index (κ3) is 3.26. The fraction of sp³-hybridized carbons (Fsp3) is 0.706. The first-order valence-electron chi connectivity index (χ1n) is 8.18. The first kappa shape index (κ1) is 17.2. The number of hydrogen-bond acceptors (Lipinski definition) is 3. The molecule has 4 unspecified atom stereocenters. The van der Waals surface area contributed by atoms with E-state index >= 15 is 0 Å². The highest BCUT2D eigenvalue weighted by atomic mass is 16.3. The van der Waals surface area contributed by atoms with Crippen molar-refractivity contribution in [3.05, 3.63) is 25.3 Å². The van der Waals surface area contributed by atoms with Gasteiger partial charge in [-0.2, -0.15) is 0 Å². The number of carbonyl (C=O) groups excluding carboxylic acids is 1. The lowest BCUT2D eigenvalue weighted by atomic mass is 9.76. The average Bonchev–Trinajstić information content (AvgIpc) is 2.51. The molecule has 5 heteroatoms. The van der Waals surface area contributed by atoms with E-state index in [2.05, 4.69) is 18.1 Å². The molecule has 2 heterocycles. The number of carbonyl (C=O) groups is 1. The van der Waals surface area contributed by atoms with Crippen LogP contribution in [0.2, 0.25) is 0 Å². The zero-order valence-corrected chi connectivity index (χ0v) is 13.3. The van der Waals surface area contributed by atoms with Crippen molar-refractivity contribution in [3.8, 4) is 0 Å². The highest BCUT2D eigenvalue weighted by Gasteiger charge is 2.49. The Morgan fingerprint density at radius 2 is 2.18 bits per heavy atom. The molecule has 0 bridgehead atoms. The lowest BCUT2D eigenvalue weighted by Gasteiger charge is -2.54. The van der Waals surface area contributed by atoms with Gasteiger partial charge in [0.15, 0.2) is 0 Å². The van der Waals surface area contributed by atoms with Crippen LogP contribution in [0.4, 0.5) is 0 Å². The minimum absolute atomic E-state index is 0.0108. The van der Waals surface area contributed by atoms with Crippen molar-refractivity contribution in [3.63, 3.8) is 0 Å². The SMILES string of the molecule is C=CCC1C(O)CC[N]C1(CC=C)N1CCCC(C(N)=O)C1. The van der Waals surface area contributed by atoms with Crippen LogP contribution in [0.25, 0.3) is 0 Å². The zero-order valence-electron chi connectivity index (χ0n) is 13.3. The van der Waals surface area contributed by atoms with Crippen molar-refractivity contribution in [1.82, 2.24) is 10.2 Å². The van der Waals surface area contributed by atoms with Gasteiger partial charge in [-0.15, -0.1) is 13.2 Å². The molecule has 0 aromatic rings. The third-order valence-electron chi connectivity index (χ3n) is 5.11. The van der Waals surface area contributed by atoms with Crippen LogP contribution in [-0.2, 0) is 4.79 Å². The molecule has 2 aliphatic heterocycles. The topological polar surface area (TPSA) is 80.7 Å². The largest absolute Gasteiger partial charge is 0.393 e. The standard InChI is InChI=1S/C17H28N3O2/c1-3-6-14-15(21)8-10-19-17(14,9-4-2)20-11-5-7-13(12-20)16(18)22/h3-4,13-15,21H,1-2,5-12H2,(H2,18,22). The van der Waals surface area contributed by atoms with Gasteiger partial charge in [0.2, 0.25) is 5.91 Å². The van der Waals surface area contributed by atoms with E-state index in [-0.39, 0.29) is 17.7 Å². The highest BCUT2D eigenvalue weighted by Crippen LogP contribution is 2.39. The monoisotopic (exact) mass is 306 g/mol. The van der Waals surface area contributed by atoms with Gasteiger partial charge in [0.1, 0.15) is 0 Å². The number of aliphatic hydroxyl groups excluding tert-OH is 1. The minimum Gasteiger partial charge on any atom is -0.393 e. The van der Waals surface area contributed by atoms with Crippen molar-refractivity contribution in [2.45, 2.75) is 43.9 Å². The van der Waals surface area contributed by atoms with E-state index in [9.17, 15) is 9.90 Å². The number of piperidine rings is 2. The highest BCUT2D eigenvalue weighted by molar-refractivity contribution is 5.77. The maximum atomic E-state index is 11.6. The van der Waals surface area contributed by atoms with Crippen LogP contribution in [0, 0.1) is 11.8 Å². The summed E-state index contributed by atoms with van der Waals surface area (Å²) in [5.74, 6) is -0.382. The molecular formula is C17H28N3O2. The Morgan fingerprint density at radius 3 is 2.82 bits per heavy atom. The van der Waals surface area contributed by atoms with Gasteiger partial charge >= 0.3 is 0 Å². The Morgan fingerprint density at radius 1 is 1.41 bits per heavy atom. The Bertz CT molecular complexity index is 426. The number of likely N-dealkylation sites (tertiary alicyclic amines) is 1. The smallest absolute Gasteiger partial charge is 0.221 e. The predicted octanol–water partition coefficient (Wildman–Crippen LogP) is 1.02. The molecule has 2 aliphatic rings. The van der Waals surface area contributed by atoms with Gasteiger partial charge in [-0.05, 0) is 32.1 Å². The average molecular weight is 306 g/mol. The molecule has 1 amide bonds. The summed E-state index contributed by atoms with van der Waals surface area (Å²) in [6.07, 6.45) is 7.15. The second kappa shape index (κ2) is 7.40. The molecule has 3 N–H and O–H groups in total. The summed E-state index contributed by atoms with van der Waals surface area (Å²) >= 11 is 0. The van der Waals surface area contributed by atoms with Gasteiger partial charge in [-0.25, -0.2) is 5.32 Å². The van der Waals surface area contributed by atoms with E-state index in [4.69, 9.17) is 11.1 Å². The molecule has 123 valence electrons. The van der Waals surface area contributed by atoms with E-state index in [1.165, 1.54) is 0 Å². The molecule has 0 aliphatic carbocycles. The number of allylic oxidation sites excluding steroid dienone is 1. The Balaban J connectivity index is 2.30. The Labute approximate surface area is 133 Å². The first-order valence-corrected chi connectivity index (χ1v) is 8.18. The number of hydrogen-bond donors (Lipinski definition) is 2. The summed E-state index contributed by atoms with van der Waals surface area (Å²) < 4.78 is 0. The first-order chi connectivity index (χ1) is 10.5. The van der Waals surface area contributed by atoms with E-state index in [0.717, 1.165) is 19.4 Å². The van der Waals surface area contributed by atoms with Crippen LogP contribution in [-0.4, -0.2) is 47.3 Å². The Kier molecular flexibility index (Phi) is 5.78. The Hall–Kier alpha value is -1.17. The van der Waals surface area contributed by atoms with Crippen LogP contribution >= 0.6 is 0 Å². The number of aliphatic hydroxyl groups is 1. The van der Waals surface area contributed by atoms with Gasteiger partial charge in [0, 0.05) is 25.6 Å². The number of nitrogens with two attached hydrogens (primary N) is 1. The second-order valence-corrected chi connectivity index (χ2v) is 6.43. The maximum absolute atomic E-state index is 11.6. The van der Waals surface area contributed by atoms with E-state index in [0.29, 0.717) is 32.4 Å². The summed E-state index contributed by atoms with van der Waals surface area (Å²) in [6.45, 7) is 9.85. The molecule has 0 saturated carbocycles. The molecule has 22 heavy (non-hydrogen) atoms. The quantitative estimate of drug-likeness (QED) is 0.719. The molecule has 0 aromatic heterocycles. The van der Waals surface area contributed by atoms with Crippen molar-refractivity contribution >= 4 is 5.91 Å². The number of primary amides is 1. The molecule has 2 rings (SSSR count). The second-order valence-electron chi connectivity index (χ2n) is 6.43. The normalized spacial score (nSPS) is 36.7. The predicted molar refractivity (Wildman–Crippen MR) is 87.0 cm³/mol. The minimum atomic E-state index is -0.484. The van der Waals surface area contributed by atoms with Gasteiger partial charge < -0.3 is 10.8 Å². The number of rotatable bonds is 6. The van der Waals surface area contributed by atoms with Crippen molar-refractivity contribution in [2.75, 3.05) is 19.6 Å². The molecule has 0 aromatic carbocycles. The summed E-state index contributed by atoms with van der Waals surface area (Å²) in [5.41, 5.74) is 5.03. The van der Waals surface area contributed by atoms with Crippen LogP contribution in [0.3, 0.4) is 0 Å². The van der Waals surface area contributed by atoms with Crippen LogP contribution in [0.5, 0.6) is 0 Å². The summed E-state index contributed by atoms with van der Waals surface area (Å²) in [5, 5.41) is 15.4. The molecule has 2 saturated heterocycles. The molecule has 0 spiro atoms. The molecule has 4 atom stereocenters. The lowest BCUT2D eigenvalue weighted by Crippen LogP contribution is -2.67. The zero-order chi connectivity index (χ0) is 16.2. The van der Waals surface area contributed by atoms with Crippen LogP contribution < -0.4 is 11.1 Å². The maximum Gasteiger partial charge on any atom is 0.221 e. The molecule has 5 nitrogen and oxygen atoms in total. The fourth-order valence-electron chi connectivity index (χ4n) is 4.00. The van der Waals surface area contributed by atoms with Crippen molar-refractivity contribution in [2.24, 2.45) is 17.6 Å². The van der Waals surface area contributed by atoms with E-state index < -0.39 is 11.8 Å². The summed E-state index contributed by atoms with van der Waals surface area (Å²) in [6, 6.07) is 0. The number of nitrogens with zero attached hydrogens (tertiary/aromatic N) is 2. The van der Waals surface area contributed by atoms with Crippen molar-refractivity contribution in [1.29, 1.82) is 0 Å². The molecule has 1 radical (unpaired) electrons. The fourth-order valence-corrected chi connectivity index (χ4v) is 4.00. The van der Waals surface area contributed by atoms with Crippen LogP contribution in [0.1, 0.15) is 32.1 Å². The van der Waals surface area contributed by atoms with Crippen molar-refractivity contribution < 1.29 is 9.90 Å². The lowest BCUT2D eigenvalue weighted by molar-refractivity contribution is -0.129. The summed E-state index contributed by atoms with van der Waals surface area (Å²) in [7, 11) is 0. The third-order valence-corrected chi connectivity index (χ3v) is 5.11. The number of amides is 1. The van der Waals surface area contributed by atoms with Gasteiger partial charge in [0.25, 0.3) is 0 Å². The van der Waals surface area contributed by atoms with Gasteiger partial charge in [-0.1, -0.05) is 12.2 Å². The van der Waals surface area contributed by atoms with Gasteiger partial charge in [0.05, 0.1) is 17.7 Å². The molecular weight excluding hydrogens is 278 g/mol. The van der Waals surface area contributed by atoms with Crippen LogP contribution in [0.15, 0.2) is 25.3 Å². The molecule has 2 fully saturated rings. The van der Waals surface area contributed by atoms with E-state index in [1.54, 1.807) is 0 Å². The summed E-state index contributed by atoms with van der Waals surface area (Å²) in [4.78, 5) is 13.8.